The maximum Gasteiger partial charge on any atom is 0.305 e. The van der Waals surface area contributed by atoms with Crippen LogP contribution < -0.4 is 0 Å². The molecule has 0 aliphatic rings. The zero-order valence-corrected chi connectivity index (χ0v) is 17.5. The van der Waals surface area contributed by atoms with Crippen molar-refractivity contribution < 1.29 is 33.4 Å². The molecule has 29 heavy (non-hydrogen) atoms. The highest BCUT2D eigenvalue weighted by Gasteiger charge is 2.37. The van der Waals surface area contributed by atoms with Crippen LogP contribution in [-0.4, -0.2) is 40.3 Å². The summed E-state index contributed by atoms with van der Waals surface area (Å²) in [6, 6.07) is 0. The van der Waals surface area contributed by atoms with Gasteiger partial charge in [0.05, 0.1) is 6.10 Å². The van der Waals surface area contributed by atoms with E-state index in [4.69, 9.17) is 5.11 Å². The number of allylic oxidation sites excluding steroid dienone is 2. The zero-order chi connectivity index (χ0) is 22.1. The van der Waals surface area contributed by atoms with Crippen LogP contribution in [0.4, 0.5) is 8.78 Å². The van der Waals surface area contributed by atoms with Crippen molar-refractivity contribution in [1.82, 2.24) is 0 Å². The molecular weight excluding hydrogens is 382 g/mol. The Bertz CT molecular complexity index is 505. The van der Waals surface area contributed by atoms with Crippen LogP contribution in [0.15, 0.2) is 12.2 Å². The molecule has 0 fully saturated rings. The highest BCUT2D eigenvalue weighted by atomic mass is 19.3. The number of aliphatic hydroxyl groups is 1. The number of aldehydes is 1. The van der Waals surface area contributed by atoms with E-state index in [1.165, 1.54) is 0 Å². The Labute approximate surface area is 172 Å². The van der Waals surface area contributed by atoms with E-state index in [9.17, 15) is 28.3 Å². The van der Waals surface area contributed by atoms with Gasteiger partial charge in [0.2, 0.25) is 5.78 Å². The van der Waals surface area contributed by atoms with Crippen molar-refractivity contribution in [2.24, 2.45) is 5.92 Å². The molecule has 0 amide bonds. The number of carboxylic acids is 1. The van der Waals surface area contributed by atoms with E-state index in [-0.39, 0.29) is 38.0 Å². The van der Waals surface area contributed by atoms with E-state index in [1.807, 2.05) is 12.2 Å². The van der Waals surface area contributed by atoms with Crippen LogP contribution in [0.2, 0.25) is 0 Å². The molecule has 0 aliphatic carbocycles. The number of ketones is 1. The molecule has 0 rings (SSSR count). The summed E-state index contributed by atoms with van der Waals surface area (Å²) in [5, 5.41) is 18.7. The van der Waals surface area contributed by atoms with Gasteiger partial charge in [-0.15, -0.1) is 0 Å². The monoisotopic (exact) mass is 418 g/mol. The molecule has 0 aromatic carbocycles. The first-order chi connectivity index (χ1) is 13.7. The van der Waals surface area contributed by atoms with Gasteiger partial charge < -0.3 is 15.0 Å². The van der Waals surface area contributed by atoms with Gasteiger partial charge in [-0.3, -0.25) is 9.59 Å². The summed E-state index contributed by atoms with van der Waals surface area (Å²) in [5.74, 6) is -5.59. The third-order valence-electron chi connectivity index (χ3n) is 5.01. The van der Waals surface area contributed by atoms with Crippen molar-refractivity contribution in [3.63, 3.8) is 0 Å². The van der Waals surface area contributed by atoms with Crippen molar-refractivity contribution in [2.45, 2.75) is 102 Å². The van der Waals surface area contributed by atoms with Crippen LogP contribution >= 0.6 is 0 Å². The molecule has 0 aromatic rings. The second-order valence-electron chi connectivity index (χ2n) is 7.54. The molecule has 0 aromatic heterocycles. The topological polar surface area (TPSA) is 91.7 Å². The number of unbranched alkanes of at least 4 members (excludes halogenated alkanes) is 4. The predicted molar refractivity (Wildman–Crippen MR) is 108 cm³/mol. The molecule has 0 aliphatic heterocycles. The average molecular weight is 419 g/mol. The van der Waals surface area contributed by atoms with Crippen molar-refractivity contribution in [3.8, 4) is 0 Å². The Kier molecular flexibility index (Phi) is 15.3. The van der Waals surface area contributed by atoms with Gasteiger partial charge >= 0.3 is 11.9 Å². The number of carbonyl (C=O) groups is 3. The Morgan fingerprint density at radius 2 is 1.69 bits per heavy atom. The van der Waals surface area contributed by atoms with Crippen molar-refractivity contribution >= 4 is 18.0 Å². The largest absolute Gasteiger partial charge is 0.481 e. The van der Waals surface area contributed by atoms with Crippen LogP contribution in [0, 0.1) is 5.92 Å². The minimum atomic E-state index is -3.32. The molecule has 0 unspecified atom stereocenters. The van der Waals surface area contributed by atoms with E-state index >= 15 is 0 Å². The lowest BCUT2D eigenvalue weighted by molar-refractivity contribution is -0.144. The fourth-order valence-electron chi connectivity index (χ4n) is 3.12. The number of hydrogen-bond donors (Lipinski definition) is 2. The number of carboxylic acid groups (broad SMARTS) is 1. The molecule has 0 saturated carbocycles. The first-order valence-electron chi connectivity index (χ1n) is 10.6. The number of alkyl halides is 2. The molecular formula is C22H36F2O5. The molecule has 2 N–H and O–H groups in total. The summed E-state index contributed by atoms with van der Waals surface area (Å²) < 4.78 is 27.6. The van der Waals surface area contributed by atoms with Crippen molar-refractivity contribution in [1.29, 1.82) is 0 Å². The third kappa shape index (κ3) is 14.1. The Morgan fingerprint density at radius 1 is 1.00 bits per heavy atom. The van der Waals surface area contributed by atoms with E-state index in [2.05, 4.69) is 0 Å². The summed E-state index contributed by atoms with van der Waals surface area (Å²) in [5.41, 5.74) is 0. The van der Waals surface area contributed by atoms with Gasteiger partial charge in [-0.25, -0.2) is 0 Å². The van der Waals surface area contributed by atoms with Crippen LogP contribution in [0.5, 0.6) is 0 Å². The second-order valence-corrected chi connectivity index (χ2v) is 7.54. The lowest BCUT2D eigenvalue weighted by Gasteiger charge is -2.22. The van der Waals surface area contributed by atoms with E-state index in [0.717, 1.165) is 19.3 Å². The van der Waals surface area contributed by atoms with Crippen molar-refractivity contribution in [2.75, 3.05) is 0 Å². The molecule has 0 saturated heterocycles. The highest BCUT2D eigenvalue weighted by Crippen LogP contribution is 2.27. The minimum Gasteiger partial charge on any atom is -0.481 e. The minimum absolute atomic E-state index is 0.0711. The number of rotatable bonds is 19. The van der Waals surface area contributed by atoms with Crippen LogP contribution in [-0.2, 0) is 14.4 Å². The maximum absolute atomic E-state index is 13.8. The molecule has 0 heterocycles. The Morgan fingerprint density at radius 3 is 2.31 bits per heavy atom. The average Bonchev–Trinajstić information content (AvgIpc) is 2.66. The fourth-order valence-corrected chi connectivity index (χ4v) is 3.12. The number of halogens is 2. The standard InChI is InChI=1S/C22H36F2O5/c1-2-3-16-22(23,24)20(27)14-13-18(19(26)15-17-25)11-9-7-5-4-6-8-10-12-21(28)29/h5,7,17-19,26H,2-4,6,8-16H2,1H3,(H,28,29)/t18-,19-/m1/s1. The lowest BCUT2D eigenvalue weighted by Crippen LogP contribution is -2.30. The fraction of sp³-hybridized carbons (Fsp3) is 0.773. The Balaban J connectivity index is 4.35. The number of carbonyl (C=O) groups excluding carboxylic acids is 2. The van der Waals surface area contributed by atoms with Gasteiger partial charge in [0.15, 0.2) is 0 Å². The van der Waals surface area contributed by atoms with Gasteiger partial charge in [0.1, 0.15) is 6.29 Å². The van der Waals surface area contributed by atoms with E-state index < -0.39 is 30.2 Å². The van der Waals surface area contributed by atoms with Crippen molar-refractivity contribution in [3.05, 3.63) is 12.2 Å². The first-order valence-corrected chi connectivity index (χ1v) is 10.6. The Hall–Kier alpha value is -1.63. The summed E-state index contributed by atoms with van der Waals surface area (Å²) in [6.07, 6.45) is 8.30. The van der Waals surface area contributed by atoms with Gasteiger partial charge in [-0.1, -0.05) is 31.9 Å². The third-order valence-corrected chi connectivity index (χ3v) is 5.01. The summed E-state index contributed by atoms with van der Waals surface area (Å²) in [6.45, 7) is 1.79. The number of aliphatic carboxylic acids is 1. The molecule has 0 bridgehead atoms. The van der Waals surface area contributed by atoms with Gasteiger partial charge in [0, 0.05) is 25.7 Å². The normalized spacial score (nSPS) is 14.1. The smallest absolute Gasteiger partial charge is 0.305 e. The molecule has 168 valence electrons. The second kappa shape index (κ2) is 16.2. The van der Waals surface area contributed by atoms with Crippen LogP contribution in [0.3, 0.4) is 0 Å². The zero-order valence-electron chi connectivity index (χ0n) is 17.5. The lowest BCUT2D eigenvalue weighted by atomic mass is 9.88. The summed E-state index contributed by atoms with van der Waals surface area (Å²) in [4.78, 5) is 32.9. The molecule has 0 spiro atoms. The van der Waals surface area contributed by atoms with Gasteiger partial charge in [-0.05, 0) is 50.9 Å². The predicted octanol–water partition coefficient (Wildman–Crippen LogP) is 5.10. The molecule has 5 nitrogen and oxygen atoms in total. The summed E-state index contributed by atoms with van der Waals surface area (Å²) >= 11 is 0. The number of aliphatic hydroxyl groups excluding tert-OH is 1. The van der Waals surface area contributed by atoms with E-state index in [0.29, 0.717) is 32.0 Å². The van der Waals surface area contributed by atoms with E-state index in [1.54, 1.807) is 6.92 Å². The van der Waals surface area contributed by atoms with Gasteiger partial charge in [0.25, 0.3) is 0 Å². The number of hydrogen-bond acceptors (Lipinski definition) is 4. The molecule has 7 heteroatoms. The first kappa shape index (κ1) is 27.4. The highest BCUT2D eigenvalue weighted by molar-refractivity contribution is 5.85. The number of Topliss-reactive ketones (excluding diaryl/α,β-unsaturated/α-hetero) is 1. The SMILES string of the molecule is CCCCC(F)(F)C(=O)CC[C@@H](CCC=CCCCCCC(=O)O)[C@H](O)CC=O. The quantitative estimate of drug-likeness (QED) is 0.173. The van der Waals surface area contributed by atoms with Gasteiger partial charge in [-0.2, -0.15) is 8.78 Å². The maximum atomic E-state index is 13.8. The van der Waals surface area contributed by atoms with Crippen LogP contribution in [0.25, 0.3) is 0 Å². The molecule has 0 radical (unpaired) electrons. The summed E-state index contributed by atoms with van der Waals surface area (Å²) in [7, 11) is 0. The molecule has 2 atom stereocenters. The van der Waals surface area contributed by atoms with Crippen LogP contribution in [0.1, 0.15) is 90.4 Å².